The Balaban J connectivity index is 2.87. The number of pyridine rings is 1. The average molecular weight is 210 g/mol. The van der Waals surface area contributed by atoms with E-state index in [2.05, 4.69) is 0 Å². The van der Waals surface area contributed by atoms with Crippen LogP contribution in [0.2, 0.25) is 0 Å². The number of aromatic nitrogens is 1. The fourth-order valence-corrected chi connectivity index (χ4v) is 1.05. The molecule has 2 N–H and O–H groups in total. The maximum atomic E-state index is 11.5. The zero-order valence-corrected chi connectivity index (χ0v) is 9.70. The third-order valence-corrected chi connectivity index (χ3v) is 2.01. The third-order valence-electron chi connectivity index (χ3n) is 2.01. The minimum Gasteiger partial charge on any atom is -0.397 e. The summed E-state index contributed by atoms with van der Waals surface area (Å²) in [6.45, 7) is 7.86. The van der Waals surface area contributed by atoms with E-state index in [1.807, 2.05) is 27.7 Å². The highest BCUT2D eigenvalue weighted by Gasteiger charge is 2.10. The molecule has 1 aromatic rings. The fraction of sp³-hybridized carbons (Fsp3) is 0.545. The highest BCUT2D eigenvalue weighted by molar-refractivity contribution is 5.42. The van der Waals surface area contributed by atoms with Crippen LogP contribution in [0.3, 0.4) is 0 Å². The van der Waals surface area contributed by atoms with Crippen LogP contribution in [-0.2, 0) is 11.5 Å². The van der Waals surface area contributed by atoms with Crippen molar-refractivity contribution in [1.82, 2.24) is 4.57 Å². The van der Waals surface area contributed by atoms with Crippen LogP contribution in [0.1, 0.15) is 26.3 Å². The molecule has 0 fully saturated rings. The van der Waals surface area contributed by atoms with Gasteiger partial charge in [-0.25, -0.2) is 0 Å². The lowest BCUT2D eigenvalue weighted by Crippen LogP contribution is -2.27. The van der Waals surface area contributed by atoms with Crippen molar-refractivity contribution in [1.29, 1.82) is 0 Å². The van der Waals surface area contributed by atoms with Gasteiger partial charge in [-0.15, -0.1) is 0 Å². The largest absolute Gasteiger partial charge is 0.397 e. The molecule has 1 aromatic heterocycles. The zero-order chi connectivity index (χ0) is 11.6. The molecule has 0 amide bonds. The second-order valence-electron chi connectivity index (χ2n) is 4.61. The molecule has 4 nitrogen and oxygen atoms in total. The van der Waals surface area contributed by atoms with Crippen molar-refractivity contribution < 1.29 is 4.74 Å². The summed E-state index contributed by atoms with van der Waals surface area (Å²) < 4.78 is 6.96. The van der Waals surface area contributed by atoms with Crippen LogP contribution in [0.15, 0.2) is 17.1 Å². The number of anilines is 1. The Hall–Kier alpha value is -1.29. The number of nitrogen functional groups attached to an aromatic ring is 1. The fourth-order valence-electron chi connectivity index (χ4n) is 1.05. The maximum absolute atomic E-state index is 11.5. The van der Waals surface area contributed by atoms with Gasteiger partial charge in [-0.05, 0) is 33.3 Å². The minimum absolute atomic E-state index is 0.0917. The Labute approximate surface area is 89.7 Å². The Bertz CT molecular complexity index is 402. The predicted octanol–water partition coefficient (Wildman–Crippen LogP) is 1.51. The van der Waals surface area contributed by atoms with Crippen molar-refractivity contribution in [3.05, 3.63) is 28.2 Å². The van der Waals surface area contributed by atoms with Crippen molar-refractivity contribution in [2.75, 3.05) is 5.73 Å². The standard InChI is InChI=1S/C11H18N2O2/c1-8-5-10(14)13(6-9(8)12)7-15-11(2,3)4/h5-6H,7,12H2,1-4H3. The Morgan fingerprint density at radius 2 is 2.07 bits per heavy atom. The van der Waals surface area contributed by atoms with Crippen molar-refractivity contribution in [2.45, 2.75) is 40.0 Å². The van der Waals surface area contributed by atoms with E-state index < -0.39 is 0 Å². The van der Waals surface area contributed by atoms with Gasteiger partial charge in [0.05, 0.1) is 11.3 Å². The smallest absolute Gasteiger partial charge is 0.252 e. The van der Waals surface area contributed by atoms with Gasteiger partial charge in [-0.3, -0.25) is 9.36 Å². The van der Waals surface area contributed by atoms with E-state index in [1.54, 1.807) is 6.20 Å². The molecule has 0 radical (unpaired) electrons. The third kappa shape index (κ3) is 3.40. The highest BCUT2D eigenvalue weighted by atomic mass is 16.5. The van der Waals surface area contributed by atoms with Crippen molar-refractivity contribution in [2.24, 2.45) is 0 Å². The van der Waals surface area contributed by atoms with E-state index in [0.717, 1.165) is 5.56 Å². The number of nitrogens with zero attached hydrogens (tertiary/aromatic N) is 1. The molecule has 15 heavy (non-hydrogen) atoms. The van der Waals surface area contributed by atoms with Crippen LogP contribution >= 0.6 is 0 Å². The van der Waals surface area contributed by atoms with Gasteiger partial charge in [0, 0.05) is 12.3 Å². The topological polar surface area (TPSA) is 57.2 Å². The number of hydrogen-bond acceptors (Lipinski definition) is 3. The predicted molar refractivity (Wildman–Crippen MR) is 60.7 cm³/mol. The van der Waals surface area contributed by atoms with Gasteiger partial charge in [-0.1, -0.05) is 0 Å². The summed E-state index contributed by atoms with van der Waals surface area (Å²) in [5, 5.41) is 0. The summed E-state index contributed by atoms with van der Waals surface area (Å²) >= 11 is 0. The zero-order valence-electron chi connectivity index (χ0n) is 9.70. The summed E-state index contributed by atoms with van der Waals surface area (Å²) in [5.41, 5.74) is 6.76. The summed E-state index contributed by atoms with van der Waals surface area (Å²) in [4.78, 5) is 11.5. The number of rotatable bonds is 2. The summed E-state index contributed by atoms with van der Waals surface area (Å²) in [6.07, 6.45) is 1.61. The lowest BCUT2D eigenvalue weighted by molar-refractivity contribution is -0.0445. The molecule has 0 aromatic carbocycles. The first-order valence-electron chi connectivity index (χ1n) is 4.90. The van der Waals surface area contributed by atoms with Crippen LogP contribution in [0.25, 0.3) is 0 Å². The minimum atomic E-state index is -0.265. The number of aryl methyl sites for hydroxylation is 1. The number of nitrogens with two attached hydrogens (primary N) is 1. The van der Waals surface area contributed by atoms with E-state index in [0.29, 0.717) is 5.69 Å². The molecule has 0 unspecified atom stereocenters. The summed E-state index contributed by atoms with van der Waals surface area (Å²) in [5.74, 6) is 0. The van der Waals surface area contributed by atoms with Crippen molar-refractivity contribution >= 4 is 5.69 Å². The first-order valence-corrected chi connectivity index (χ1v) is 4.90. The van der Waals surface area contributed by atoms with Gasteiger partial charge >= 0.3 is 0 Å². The van der Waals surface area contributed by atoms with Crippen LogP contribution in [0, 0.1) is 6.92 Å². The van der Waals surface area contributed by atoms with Crippen molar-refractivity contribution in [3.8, 4) is 0 Å². The van der Waals surface area contributed by atoms with Gasteiger partial charge in [0.15, 0.2) is 0 Å². The average Bonchev–Trinajstić information content (AvgIpc) is 2.07. The van der Waals surface area contributed by atoms with E-state index in [1.165, 1.54) is 10.6 Å². The van der Waals surface area contributed by atoms with Crippen LogP contribution < -0.4 is 11.3 Å². The van der Waals surface area contributed by atoms with E-state index in [4.69, 9.17) is 10.5 Å². The molecule has 0 aliphatic rings. The lowest BCUT2D eigenvalue weighted by Gasteiger charge is -2.20. The first kappa shape index (κ1) is 11.8. The van der Waals surface area contributed by atoms with Crippen LogP contribution in [-0.4, -0.2) is 10.2 Å². The Morgan fingerprint density at radius 1 is 1.47 bits per heavy atom. The Morgan fingerprint density at radius 3 is 2.60 bits per heavy atom. The van der Waals surface area contributed by atoms with E-state index in [9.17, 15) is 4.79 Å². The first-order chi connectivity index (χ1) is 6.79. The van der Waals surface area contributed by atoms with Crippen LogP contribution in [0.5, 0.6) is 0 Å². The van der Waals surface area contributed by atoms with Gasteiger partial charge < -0.3 is 10.5 Å². The van der Waals surface area contributed by atoms with Gasteiger partial charge in [0.1, 0.15) is 6.73 Å². The second-order valence-corrected chi connectivity index (χ2v) is 4.61. The lowest BCUT2D eigenvalue weighted by atomic mass is 10.2. The second kappa shape index (κ2) is 4.06. The summed E-state index contributed by atoms with van der Waals surface area (Å²) in [6, 6.07) is 1.52. The molecule has 0 saturated carbocycles. The molecular formula is C11H18N2O2. The molecule has 0 spiro atoms. The molecule has 0 saturated heterocycles. The SMILES string of the molecule is Cc1cc(=O)n(COC(C)(C)C)cc1N. The molecule has 84 valence electrons. The molecule has 0 aliphatic carbocycles. The molecule has 4 heteroatoms. The normalized spacial score (nSPS) is 11.7. The van der Waals surface area contributed by atoms with Gasteiger partial charge in [-0.2, -0.15) is 0 Å². The highest BCUT2D eigenvalue weighted by Crippen LogP contribution is 2.09. The number of hydrogen-bond donors (Lipinski definition) is 1. The molecule has 1 rings (SSSR count). The van der Waals surface area contributed by atoms with Crippen LogP contribution in [0.4, 0.5) is 5.69 Å². The molecular weight excluding hydrogens is 192 g/mol. The maximum Gasteiger partial charge on any atom is 0.252 e. The molecule has 0 atom stereocenters. The van der Waals surface area contributed by atoms with Gasteiger partial charge in [0.2, 0.25) is 0 Å². The van der Waals surface area contributed by atoms with E-state index in [-0.39, 0.29) is 17.9 Å². The quantitative estimate of drug-likeness (QED) is 0.805. The van der Waals surface area contributed by atoms with Gasteiger partial charge in [0.25, 0.3) is 5.56 Å². The number of ether oxygens (including phenoxy) is 1. The molecule has 0 bridgehead atoms. The Kier molecular flexibility index (Phi) is 3.19. The molecule has 0 aliphatic heterocycles. The van der Waals surface area contributed by atoms with Crippen molar-refractivity contribution in [3.63, 3.8) is 0 Å². The monoisotopic (exact) mass is 210 g/mol. The molecule has 1 heterocycles. The summed E-state index contributed by atoms with van der Waals surface area (Å²) in [7, 11) is 0. The van der Waals surface area contributed by atoms with E-state index >= 15 is 0 Å².